The third-order valence-corrected chi connectivity index (χ3v) is 6.63. The number of carbonyl (C=O) groups excluding carboxylic acids is 2. The lowest BCUT2D eigenvalue weighted by Crippen LogP contribution is -2.32. The van der Waals surface area contributed by atoms with E-state index in [0.29, 0.717) is 56.8 Å². The number of benzene rings is 3. The Balaban J connectivity index is 1.62. The van der Waals surface area contributed by atoms with Gasteiger partial charge in [0.2, 0.25) is 0 Å². The number of anilines is 3. The maximum absolute atomic E-state index is 13.9. The number of nitrogens with one attached hydrogen (secondary N) is 3. The van der Waals surface area contributed by atoms with Crippen LogP contribution >= 0.6 is 0 Å². The molecule has 204 valence electrons. The fraction of sp³-hybridized carbons (Fsp3) is 0.167. The van der Waals surface area contributed by atoms with Crippen LogP contribution in [0.1, 0.15) is 28.9 Å². The summed E-state index contributed by atoms with van der Waals surface area (Å²) in [5.74, 6) is 1.35. The lowest BCUT2D eigenvalue weighted by Gasteiger charge is -2.31. The Kier molecular flexibility index (Phi) is 7.41. The standard InChI is InChI=1S/C30H29N5O5/c1-18-26(30(37)34-23-12-8-9-13-25(23)40-4)27(21-16-20(38-2)14-15-24(21)39-3)35-28(32-18)22(17-31-35)29(36)33-19-10-6-5-7-11-19/h5-17,27,32H,1-4H3,(H,33,36)(H,34,37)/t27-/m0/s1. The van der Waals surface area contributed by atoms with Crippen molar-refractivity contribution in [2.24, 2.45) is 0 Å². The van der Waals surface area contributed by atoms with Gasteiger partial charge in [-0.25, -0.2) is 4.68 Å². The van der Waals surface area contributed by atoms with E-state index in [-0.39, 0.29) is 11.8 Å². The first-order valence-corrected chi connectivity index (χ1v) is 12.5. The molecule has 0 saturated heterocycles. The molecule has 0 fully saturated rings. The Labute approximate surface area is 231 Å². The van der Waals surface area contributed by atoms with Crippen molar-refractivity contribution < 1.29 is 23.8 Å². The van der Waals surface area contributed by atoms with Crippen LogP contribution in [0.5, 0.6) is 17.2 Å². The predicted molar refractivity (Wildman–Crippen MR) is 152 cm³/mol. The van der Waals surface area contributed by atoms with E-state index in [1.807, 2.05) is 30.3 Å². The van der Waals surface area contributed by atoms with Gasteiger partial charge < -0.3 is 30.2 Å². The van der Waals surface area contributed by atoms with E-state index < -0.39 is 6.04 Å². The minimum atomic E-state index is -0.755. The number of para-hydroxylation sites is 3. The molecule has 5 rings (SSSR count). The van der Waals surface area contributed by atoms with Gasteiger partial charge in [0.05, 0.1) is 38.8 Å². The molecule has 0 unspecified atom stereocenters. The molecule has 10 nitrogen and oxygen atoms in total. The number of methoxy groups -OCH3 is 3. The Morgan fingerprint density at radius 2 is 1.57 bits per heavy atom. The highest BCUT2D eigenvalue weighted by Crippen LogP contribution is 2.42. The summed E-state index contributed by atoms with van der Waals surface area (Å²) >= 11 is 0. The number of amides is 2. The lowest BCUT2D eigenvalue weighted by atomic mass is 9.93. The number of nitrogens with zero attached hydrogens (tertiary/aromatic N) is 2. The van der Waals surface area contributed by atoms with E-state index in [0.717, 1.165) is 0 Å². The highest BCUT2D eigenvalue weighted by atomic mass is 16.5. The van der Waals surface area contributed by atoms with Crippen LogP contribution in [0.25, 0.3) is 0 Å². The molecular weight excluding hydrogens is 510 g/mol. The van der Waals surface area contributed by atoms with Crippen LogP contribution < -0.4 is 30.2 Å². The summed E-state index contributed by atoms with van der Waals surface area (Å²) in [5, 5.41) is 13.7. The zero-order valence-electron chi connectivity index (χ0n) is 22.5. The van der Waals surface area contributed by atoms with Crippen LogP contribution in [-0.2, 0) is 4.79 Å². The van der Waals surface area contributed by atoms with Gasteiger partial charge in [0.25, 0.3) is 11.8 Å². The predicted octanol–water partition coefficient (Wildman–Crippen LogP) is 5.09. The number of aromatic nitrogens is 2. The summed E-state index contributed by atoms with van der Waals surface area (Å²) in [6, 6.07) is 20.9. The van der Waals surface area contributed by atoms with Crippen LogP contribution in [0.3, 0.4) is 0 Å². The van der Waals surface area contributed by atoms with Gasteiger partial charge in [-0.2, -0.15) is 5.10 Å². The van der Waals surface area contributed by atoms with Gasteiger partial charge in [0.1, 0.15) is 34.7 Å². The number of ether oxygens (including phenoxy) is 3. The van der Waals surface area contributed by atoms with Gasteiger partial charge in [-0.05, 0) is 49.4 Å². The molecule has 4 aromatic rings. The minimum absolute atomic E-state index is 0.319. The van der Waals surface area contributed by atoms with Crippen molar-refractivity contribution in [1.29, 1.82) is 0 Å². The first kappa shape index (κ1) is 26.4. The molecule has 2 amide bonds. The van der Waals surface area contributed by atoms with Gasteiger partial charge in [-0.1, -0.05) is 30.3 Å². The number of rotatable bonds is 8. The van der Waals surface area contributed by atoms with E-state index in [4.69, 9.17) is 14.2 Å². The number of carbonyl (C=O) groups is 2. The van der Waals surface area contributed by atoms with Gasteiger partial charge >= 0.3 is 0 Å². The lowest BCUT2D eigenvalue weighted by molar-refractivity contribution is -0.113. The van der Waals surface area contributed by atoms with Gasteiger partial charge in [-0.15, -0.1) is 0 Å². The molecule has 10 heteroatoms. The summed E-state index contributed by atoms with van der Waals surface area (Å²) in [7, 11) is 4.66. The Hall–Kier alpha value is -5.25. The SMILES string of the molecule is COc1ccc(OC)c([C@H]2C(C(=O)Nc3ccccc3OC)=C(C)Nc3c(C(=O)Nc4ccccc4)cnn32)c1. The van der Waals surface area contributed by atoms with Crippen LogP contribution in [0.4, 0.5) is 17.2 Å². The highest BCUT2D eigenvalue weighted by Gasteiger charge is 2.37. The van der Waals surface area contributed by atoms with E-state index in [1.165, 1.54) is 6.20 Å². The average molecular weight is 540 g/mol. The molecular formula is C30H29N5O5. The Morgan fingerprint density at radius 3 is 2.30 bits per heavy atom. The van der Waals surface area contributed by atoms with Crippen molar-refractivity contribution in [2.45, 2.75) is 13.0 Å². The summed E-state index contributed by atoms with van der Waals surface area (Å²) in [4.78, 5) is 27.2. The van der Waals surface area contributed by atoms with Crippen molar-refractivity contribution in [3.63, 3.8) is 0 Å². The average Bonchev–Trinajstić information content (AvgIpc) is 3.40. The van der Waals surface area contributed by atoms with Crippen molar-refractivity contribution in [3.8, 4) is 17.2 Å². The molecule has 0 spiro atoms. The number of hydrogen-bond donors (Lipinski definition) is 3. The zero-order chi connectivity index (χ0) is 28.2. The van der Waals surface area contributed by atoms with Gasteiger partial charge in [0.15, 0.2) is 0 Å². The first-order chi connectivity index (χ1) is 19.4. The van der Waals surface area contributed by atoms with Crippen LogP contribution in [0, 0.1) is 0 Å². The highest BCUT2D eigenvalue weighted by molar-refractivity contribution is 6.10. The molecule has 1 aliphatic rings. The summed E-state index contributed by atoms with van der Waals surface area (Å²) < 4.78 is 18.2. The maximum Gasteiger partial charge on any atom is 0.261 e. The number of hydrogen-bond acceptors (Lipinski definition) is 7. The fourth-order valence-electron chi connectivity index (χ4n) is 4.71. The van der Waals surface area contributed by atoms with E-state index in [9.17, 15) is 9.59 Å². The molecule has 3 N–H and O–H groups in total. The van der Waals surface area contributed by atoms with Crippen molar-refractivity contribution in [1.82, 2.24) is 9.78 Å². The van der Waals surface area contributed by atoms with Gasteiger partial charge in [0, 0.05) is 16.9 Å². The molecule has 0 radical (unpaired) electrons. The fourth-order valence-corrected chi connectivity index (χ4v) is 4.71. The Morgan fingerprint density at radius 1 is 0.850 bits per heavy atom. The normalized spacial score (nSPS) is 14.1. The maximum atomic E-state index is 13.9. The number of fused-ring (bicyclic) bond motifs is 1. The van der Waals surface area contributed by atoms with Crippen molar-refractivity contribution in [3.05, 3.63) is 101 Å². The molecule has 0 bridgehead atoms. The molecule has 1 aromatic heterocycles. The molecule has 2 heterocycles. The first-order valence-electron chi connectivity index (χ1n) is 12.5. The summed E-state index contributed by atoms with van der Waals surface area (Å²) in [6.07, 6.45) is 1.48. The molecule has 1 aliphatic heterocycles. The monoisotopic (exact) mass is 539 g/mol. The molecule has 0 aliphatic carbocycles. The minimum Gasteiger partial charge on any atom is -0.497 e. The van der Waals surface area contributed by atoms with Crippen LogP contribution in [0.15, 0.2) is 90.3 Å². The molecule has 1 atom stereocenters. The van der Waals surface area contributed by atoms with Crippen molar-refractivity contribution >= 4 is 29.0 Å². The molecule has 40 heavy (non-hydrogen) atoms. The second-order valence-corrected chi connectivity index (χ2v) is 9.00. The summed E-state index contributed by atoms with van der Waals surface area (Å²) in [5.41, 5.74) is 3.04. The third-order valence-electron chi connectivity index (χ3n) is 6.63. The Bertz CT molecular complexity index is 1600. The number of allylic oxidation sites excluding steroid dienone is 1. The second-order valence-electron chi connectivity index (χ2n) is 9.00. The molecule has 3 aromatic carbocycles. The van der Waals surface area contributed by atoms with Crippen LogP contribution in [-0.4, -0.2) is 42.9 Å². The van der Waals surface area contributed by atoms with Crippen molar-refractivity contribution in [2.75, 3.05) is 37.3 Å². The zero-order valence-corrected chi connectivity index (χ0v) is 22.5. The van der Waals surface area contributed by atoms with Gasteiger partial charge in [-0.3, -0.25) is 9.59 Å². The third kappa shape index (κ3) is 4.94. The molecule has 0 saturated carbocycles. The quantitative estimate of drug-likeness (QED) is 0.286. The van der Waals surface area contributed by atoms with E-state index >= 15 is 0 Å². The largest absolute Gasteiger partial charge is 0.497 e. The topological polar surface area (TPSA) is 116 Å². The summed E-state index contributed by atoms with van der Waals surface area (Å²) in [6.45, 7) is 1.78. The van der Waals surface area contributed by atoms with E-state index in [1.54, 1.807) is 75.4 Å². The second kappa shape index (κ2) is 11.2. The van der Waals surface area contributed by atoms with E-state index in [2.05, 4.69) is 21.0 Å². The smallest absolute Gasteiger partial charge is 0.261 e. The van der Waals surface area contributed by atoms with Crippen LogP contribution in [0.2, 0.25) is 0 Å².